The van der Waals surface area contributed by atoms with Crippen LogP contribution in [0.5, 0.6) is 0 Å². The molecule has 2 aliphatic heterocycles. The van der Waals surface area contributed by atoms with Gasteiger partial charge < -0.3 is 19.6 Å². The Morgan fingerprint density at radius 2 is 1.79 bits per heavy atom. The molecule has 8 heteroatoms. The van der Waals surface area contributed by atoms with E-state index in [4.69, 9.17) is 4.52 Å². The molecule has 0 aromatic carbocycles. The van der Waals surface area contributed by atoms with Crippen molar-refractivity contribution in [2.75, 3.05) is 59.4 Å². The Bertz CT molecular complexity index is 594. The number of piperazine rings is 1. The van der Waals surface area contributed by atoms with Gasteiger partial charge in [0, 0.05) is 52.4 Å². The van der Waals surface area contributed by atoms with E-state index in [1.165, 1.54) is 58.2 Å². The number of hydrogen-bond donors (Lipinski definition) is 1. The van der Waals surface area contributed by atoms with Crippen molar-refractivity contribution >= 4 is 29.9 Å². The smallest absolute Gasteiger partial charge is 0.193 e. The Morgan fingerprint density at radius 3 is 2.45 bits per heavy atom. The fourth-order valence-electron chi connectivity index (χ4n) is 4.19. The summed E-state index contributed by atoms with van der Waals surface area (Å²) in [6, 6.07) is 2.03. The van der Waals surface area contributed by atoms with Gasteiger partial charge in [-0.15, -0.1) is 24.0 Å². The van der Waals surface area contributed by atoms with Gasteiger partial charge in [0.25, 0.3) is 0 Å². The monoisotopic (exact) mass is 518 g/mol. The fraction of sp³-hybridized carbons (Fsp3) is 0.810. The lowest BCUT2D eigenvalue weighted by Crippen LogP contribution is -2.52. The highest BCUT2D eigenvalue weighted by molar-refractivity contribution is 14.0. The molecule has 0 saturated carbocycles. The first-order valence-electron chi connectivity index (χ1n) is 11.1. The first-order chi connectivity index (χ1) is 13.7. The lowest BCUT2D eigenvalue weighted by molar-refractivity contribution is 0.169. The summed E-state index contributed by atoms with van der Waals surface area (Å²) >= 11 is 0. The Balaban J connectivity index is 0.00000300. The van der Waals surface area contributed by atoms with Gasteiger partial charge in [-0.05, 0) is 52.2 Å². The zero-order chi connectivity index (χ0) is 19.6. The van der Waals surface area contributed by atoms with Crippen molar-refractivity contribution in [2.45, 2.75) is 52.0 Å². The Hall–Kier alpha value is -0.870. The van der Waals surface area contributed by atoms with Crippen molar-refractivity contribution in [1.82, 2.24) is 25.2 Å². The molecule has 0 unspecified atom stereocenters. The quantitative estimate of drug-likeness (QED) is 0.247. The first-order valence-corrected chi connectivity index (χ1v) is 11.1. The highest BCUT2D eigenvalue weighted by atomic mass is 127. The average molecular weight is 518 g/mol. The van der Waals surface area contributed by atoms with E-state index >= 15 is 0 Å². The number of aromatic nitrogens is 1. The van der Waals surface area contributed by atoms with E-state index in [0.29, 0.717) is 0 Å². The van der Waals surface area contributed by atoms with E-state index in [1.807, 2.05) is 20.0 Å². The molecule has 2 aliphatic rings. The second-order valence-corrected chi connectivity index (χ2v) is 8.13. The van der Waals surface area contributed by atoms with Crippen LogP contribution in [0.3, 0.4) is 0 Å². The minimum Gasteiger partial charge on any atom is -0.361 e. The molecule has 0 atom stereocenters. The summed E-state index contributed by atoms with van der Waals surface area (Å²) in [5.41, 5.74) is 1.03. The summed E-state index contributed by atoms with van der Waals surface area (Å²) in [4.78, 5) is 11.9. The van der Waals surface area contributed by atoms with Gasteiger partial charge in [-0.1, -0.05) is 18.0 Å². The maximum Gasteiger partial charge on any atom is 0.193 e. The number of unbranched alkanes of at least 4 members (excludes halogenated alkanes) is 2. The number of nitrogens with one attached hydrogen (secondary N) is 1. The molecule has 0 radical (unpaired) electrons. The molecular formula is C21H39IN6O. The van der Waals surface area contributed by atoms with Gasteiger partial charge in [0.15, 0.2) is 5.96 Å². The molecule has 7 nitrogen and oxygen atoms in total. The van der Waals surface area contributed by atoms with Crippen LogP contribution in [-0.2, 0) is 6.54 Å². The van der Waals surface area contributed by atoms with Crippen LogP contribution in [0.15, 0.2) is 15.6 Å². The maximum atomic E-state index is 5.17. The van der Waals surface area contributed by atoms with E-state index in [2.05, 4.69) is 30.2 Å². The molecule has 0 bridgehead atoms. The third-order valence-corrected chi connectivity index (χ3v) is 5.83. The van der Waals surface area contributed by atoms with Gasteiger partial charge in [-0.25, -0.2) is 0 Å². The Labute approximate surface area is 193 Å². The summed E-state index contributed by atoms with van der Waals surface area (Å²) < 4.78 is 5.17. The number of rotatable bonds is 8. The predicted octanol–water partition coefficient (Wildman–Crippen LogP) is 2.95. The van der Waals surface area contributed by atoms with Crippen molar-refractivity contribution in [3.63, 3.8) is 0 Å². The van der Waals surface area contributed by atoms with Crippen molar-refractivity contribution in [1.29, 1.82) is 0 Å². The molecule has 3 heterocycles. The molecule has 0 amide bonds. The molecule has 1 aromatic rings. The molecular weight excluding hydrogens is 479 g/mol. The van der Waals surface area contributed by atoms with Crippen molar-refractivity contribution in [2.24, 2.45) is 4.99 Å². The standard InChI is InChI=1S/C21H38N6O.HI/c1-19-17-20(24-28-19)18-26-13-15-27(16-14-26)21(22-2)23-9-5-3-6-10-25-11-7-4-8-12-25;/h17H,3-16,18H2,1-2H3,(H,22,23);1H. The van der Waals surface area contributed by atoms with E-state index in [9.17, 15) is 0 Å². The van der Waals surface area contributed by atoms with Crippen LogP contribution >= 0.6 is 24.0 Å². The third kappa shape index (κ3) is 8.41. The van der Waals surface area contributed by atoms with Crippen LogP contribution < -0.4 is 5.32 Å². The molecule has 2 fully saturated rings. The zero-order valence-corrected chi connectivity index (χ0v) is 20.6. The SMILES string of the molecule is CN=C(NCCCCCN1CCCCC1)N1CCN(Cc2cc(C)on2)CC1.I. The minimum absolute atomic E-state index is 0. The number of piperidine rings is 1. The largest absolute Gasteiger partial charge is 0.361 e. The lowest BCUT2D eigenvalue weighted by atomic mass is 10.1. The zero-order valence-electron chi connectivity index (χ0n) is 18.2. The van der Waals surface area contributed by atoms with Gasteiger partial charge in [-0.3, -0.25) is 9.89 Å². The van der Waals surface area contributed by atoms with Crippen LogP contribution in [0.2, 0.25) is 0 Å². The fourth-order valence-corrected chi connectivity index (χ4v) is 4.19. The van der Waals surface area contributed by atoms with Crippen molar-refractivity contribution < 1.29 is 4.52 Å². The molecule has 29 heavy (non-hydrogen) atoms. The number of likely N-dealkylation sites (tertiary alicyclic amines) is 1. The summed E-state index contributed by atoms with van der Waals surface area (Å²) in [7, 11) is 1.89. The molecule has 2 saturated heterocycles. The van der Waals surface area contributed by atoms with Crippen LogP contribution in [0.4, 0.5) is 0 Å². The number of aryl methyl sites for hydroxylation is 1. The van der Waals surface area contributed by atoms with Crippen LogP contribution in [-0.4, -0.2) is 85.2 Å². The molecule has 1 aromatic heterocycles. The minimum atomic E-state index is 0. The Kier molecular flexibility index (Phi) is 11.3. The number of aliphatic imine (C=N–C) groups is 1. The molecule has 1 N–H and O–H groups in total. The molecule has 3 rings (SSSR count). The van der Waals surface area contributed by atoms with E-state index in [1.54, 1.807) is 0 Å². The van der Waals surface area contributed by atoms with E-state index in [-0.39, 0.29) is 24.0 Å². The second kappa shape index (κ2) is 13.4. The number of hydrogen-bond acceptors (Lipinski definition) is 5. The summed E-state index contributed by atoms with van der Waals surface area (Å²) in [6.45, 7) is 11.8. The number of nitrogens with zero attached hydrogens (tertiary/aromatic N) is 5. The van der Waals surface area contributed by atoms with E-state index < -0.39 is 0 Å². The van der Waals surface area contributed by atoms with Crippen LogP contribution in [0.25, 0.3) is 0 Å². The summed E-state index contributed by atoms with van der Waals surface area (Å²) in [5, 5.41) is 7.67. The van der Waals surface area contributed by atoms with Gasteiger partial charge in [0.05, 0.1) is 5.69 Å². The number of halogens is 1. The second-order valence-electron chi connectivity index (χ2n) is 8.13. The van der Waals surface area contributed by atoms with Gasteiger partial charge in [0.2, 0.25) is 0 Å². The average Bonchev–Trinajstić information content (AvgIpc) is 3.14. The summed E-state index contributed by atoms with van der Waals surface area (Å²) in [5.74, 6) is 1.93. The van der Waals surface area contributed by atoms with Crippen molar-refractivity contribution in [3.05, 3.63) is 17.5 Å². The maximum absolute atomic E-state index is 5.17. The summed E-state index contributed by atoms with van der Waals surface area (Å²) in [6.07, 6.45) is 8.05. The van der Waals surface area contributed by atoms with Crippen LogP contribution in [0, 0.1) is 6.92 Å². The normalized spacial score (nSPS) is 19.2. The lowest BCUT2D eigenvalue weighted by Gasteiger charge is -2.36. The number of guanidine groups is 1. The molecule has 166 valence electrons. The Morgan fingerprint density at radius 1 is 1.03 bits per heavy atom. The highest BCUT2D eigenvalue weighted by Gasteiger charge is 2.20. The van der Waals surface area contributed by atoms with Gasteiger partial charge >= 0.3 is 0 Å². The molecule has 0 spiro atoms. The van der Waals surface area contributed by atoms with Gasteiger partial charge in [0.1, 0.15) is 5.76 Å². The first kappa shape index (κ1) is 24.4. The molecule has 0 aliphatic carbocycles. The topological polar surface area (TPSA) is 60.1 Å². The third-order valence-electron chi connectivity index (χ3n) is 5.83. The predicted molar refractivity (Wildman–Crippen MR) is 129 cm³/mol. The van der Waals surface area contributed by atoms with Gasteiger partial charge in [-0.2, -0.15) is 0 Å². The van der Waals surface area contributed by atoms with E-state index in [0.717, 1.165) is 56.7 Å². The van der Waals surface area contributed by atoms with Crippen LogP contribution in [0.1, 0.15) is 50.0 Å². The van der Waals surface area contributed by atoms with Crippen molar-refractivity contribution in [3.8, 4) is 0 Å². The highest BCUT2D eigenvalue weighted by Crippen LogP contribution is 2.11.